The van der Waals surface area contributed by atoms with E-state index >= 15 is 0 Å². The van der Waals surface area contributed by atoms with Crippen LogP contribution in [0.1, 0.15) is 52.0 Å². The van der Waals surface area contributed by atoms with Crippen molar-refractivity contribution in [3.05, 3.63) is 35.9 Å². The molecule has 1 aromatic rings. The van der Waals surface area contributed by atoms with E-state index in [0.29, 0.717) is 12.5 Å². The molecule has 2 rings (SSSR count). The van der Waals surface area contributed by atoms with E-state index in [1.807, 2.05) is 11.0 Å². The van der Waals surface area contributed by atoms with Crippen molar-refractivity contribution in [3.8, 4) is 0 Å². The highest BCUT2D eigenvalue weighted by atomic mass is 16.2. The van der Waals surface area contributed by atoms with E-state index in [2.05, 4.69) is 31.2 Å². The minimum Gasteiger partial charge on any atom is -0.345 e. The lowest BCUT2D eigenvalue weighted by Gasteiger charge is -2.37. The minimum atomic E-state index is -0.977. The topological polar surface area (TPSA) is 40.6 Å². The molecule has 0 N–H and O–H groups in total. The third kappa shape index (κ3) is 5.09. The molecule has 1 heterocycles. The van der Waals surface area contributed by atoms with Crippen LogP contribution in [0.3, 0.4) is 0 Å². The summed E-state index contributed by atoms with van der Waals surface area (Å²) in [4.78, 5) is 29.3. The van der Waals surface area contributed by atoms with E-state index in [1.165, 1.54) is 5.56 Å². The van der Waals surface area contributed by atoms with Crippen LogP contribution < -0.4 is 0 Å². The monoisotopic (exact) mass is 358 g/mol. The highest BCUT2D eigenvalue weighted by molar-refractivity contribution is 6.04. The number of rotatable bonds is 7. The fourth-order valence-electron chi connectivity index (χ4n) is 3.75. The Morgan fingerprint density at radius 2 is 1.77 bits per heavy atom. The van der Waals surface area contributed by atoms with E-state index in [-0.39, 0.29) is 11.8 Å². The van der Waals surface area contributed by atoms with Gasteiger partial charge in [0.05, 0.1) is 0 Å². The number of piperidine rings is 1. The van der Waals surface area contributed by atoms with Crippen LogP contribution in [-0.2, 0) is 16.0 Å². The Morgan fingerprint density at radius 3 is 2.35 bits per heavy atom. The van der Waals surface area contributed by atoms with Crippen molar-refractivity contribution in [1.82, 2.24) is 9.80 Å². The summed E-state index contributed by atoms with van der Waals surface area (Å²) < 4.78 is 0. The first-order valence-corrected chi connectivity index (χ1v) is 9.95. The van der Waals surface area contributed by atoms with Gasteiger partial charge in [-0.15, -0.1) is 0 Å². The van der Waals surface area contributed by atoms with Gasteiger partial charge < -0.3 is 9.80 Å². The van der Waals surface area contributed by atoms with Crippen LogP contribution in [0.5, 0.6) is 0 Å². The number of benzene rings is 1. The smallest absolute Gasteiger partial charge is 0.237 e. The van der Waals surface area contributed by atoms with Crippen LogP contribution in [0.2, 0.25) is 0 Å². The first kappa shape index (κ1) is 20.5. The molecular weight excluding hydrogens is 324 g/mol. The first-order valence-electron chi connectivity index (χ1n) is 9.95. The Kier molecular flexibility index (Phi) is 7.24. The van der Waals surface area contributed by atoms with Crippen molar-refractivity contribution in [2.45, 2.75) is 52.9 Å². The molecule has 0 radical (unpaired) electrons. The van der Waals surface area contributed by atoms with Crippen molar-refractivity contribution in [2.75, 3.05) is 26.7 Å². The molecule has 0 bridgehead atoms. The Balaban J connectivity index is 1.89. The summed E-state index contributed by atoms with van der Waals surface area (Å²) in [6.07, 6.45) is 5.11. The maximum atomic E-state index is 13.0. The average molecular weight is 359 g/mol. The van der Waals surface area contributed by atoms with Crippen molar-refractivity contribution in [1.29, 1.82) is 0 Å². The molecule has 4 nitrogen and oxygen atoms in total. The van der Waals surface area contributed by atoms with Crippen LogP contribution in [0, 0.1) is 11.3 Å². The van der Waals surface area contributed by atoms with Crippen LogP contribution in [0.4, 0.5) is 0 Å². The number of unbranched alkanes of at least 4 members (excludes halogenated alkanes) is 1. The molecule has 1 fully saturated rings. The van der Waals surface area contributed by atoms with E-state index in [9.17, 15) is 9.59 Å². The summed E-state index contributed by atoms with van der Waals surface area (Å²) in [5.41, 5.74) is 0.389. The minimum absolute atomic E-state index is 0.0241. The number of carbonyl (C=O) groups excluding carboxylic acids is 2. The van der Waals surface area contributed by atoms with E-state index in [1.54, 1.807) is 25.8 Å². The largest absolute Gasteiger partial charge is 0.345 e. The second-order valence-electron chi connectivity index (χ2n) is 8.13. The van der Waals surface area contributed by atoms with Crippen LogP contribution >= 0.6 is 0 Å². The fourth-order valence-corrected chi connectivity index (χ4v) is 3.75. The zero-order chi connectivity index (χ0) is 19.2. The Labute approximate surface area is 158 Å². The molecule has 0 atom stereocenters. The zero-order valence-electron chi connectivity index (χ0n) is 16.8. The number of nitrogens with zero attached hydrogens (tertiary/aromatic N) is 2. The number of likely N-dealkylation sites (tertiary alicyclic amines) is 1. The highest BCUT2D eigenvalue weighted by Crippen LogP contribution is 2.27. The molecule has 0 spiro atoms. The van der Waals surface area contributed by atoms with Gasteiger partial charge in [0, 0.05) is 26.7 Å². The molecule has 2 amide bonds. The van der Waals surface area contributed by atoms with E-state index < -0.39 is 5.41 Å². The van der Waals surface area contributed by atoms with Gasteiger partial charge in [-0.3, -0.25) is 9.59 Å². The summed E-state index contributed by atoms with van der Waals surface area (Å²) >= 11 is 0. The summed E-state index contributed by atoms with van der Waals surface area (Å²) in [5.74, 6) is 0.527. The van der Waals surface area contributed by atoms with Gasteiger partial charge in [-0.1, -0.05) is 43.7 Å². The second kappa shape index (κ2) is 9.20. The SMILES string of the molecule is CCCCN(C)C(=O)C(C)(C)C(=O)N1CCC(Cc2ccccc2)CC1. The summed E-state index contributed by atoms with van der Waals surface area (Å²) in [5, 5.41) is 0. The van der Waals surface area contributed by atoms with Crippen molar-refractivity contribution in [3.63, 3.8) is 0 Å². The molecule has 144 valence electrons. The Hall–Kier alpha value is -1.84. The molecule has 0 aliphatic carbocycles. The molecular formula is C22H34N2O2. The van der Waals surface area contributed by atoms with Gasteiger partial charge >= 0.3 is 0 Å². The Morgan fingerprint density at radius 1 is 1.15 bits per heavy atom. The lowest BCUT2D eigenvalue weighted by atomic mass is 9.86. The van der Waals surface area contributed by atoms with Gasteiger partial charge in [-0.05, 0) is 51.0 Å². The van der Waals surface area contributed by atoms with E-state index in [4.69, 9.17) is 0 Å². The van der Waals surface area contributed by atoms with Gasteiger partial charge in [0.15, 0.2) is 0 Å². The molecule has 0 aromatic heterocycles. The van der Waals surface area contributed by atoms with Crippen molar-refractivity contribution < 1.29 is 9.59 Å². The molecule has 1 aliphatic rings. The molecule has 0 unspecified atom stereocenters. The second-order valence-corrected chi connectivity index (χ2v) is 8.13. The number of hydrogen-bond acceptors (Lipinski definition) is 2. The number of amides is 2. The maximum Gasteiger partial charge on any atom is 0.237 e. The third-order valence-corrected chi connectivity index (χ3v) is 5.53. The van der Waals surface area contributed by atoms with Gasteiger partial charge in [0.2, 0.25) is 11.8 Å². The van der Waals surface area contributed by atoms with Crippen molar-refractivity contribution in [2.24, 2.45) is 11.3 Å². The highest BCUT2D eigenvalue weighted by Gasteiger charge is 2.41. The van der Waals surface area contributed by atoms with Crippen LogP contribution in [0.15, 0.2) is 30.3 Å². The normalized spacial score (nSPS) is 15.8. The summed E-state index contributed by atoms with van der Waals surface area (Å²) in [6, 6.07) is 10.5. The summed E-state index contributed by atoms with van der Waals surface area (Å²) in [7, 11) is 1.80. The molecule has 0 saturated carbocycles. The van der Waals surface area contributed by atoms with Crippen LogP contribution in [0.25, 0.3) is 0 Å². The Bertz CT molecular complexity index is 589. The van der Waals surface area contributed by atoms with Gasteiger partial charge in [-0.2, -0.15) is 0 Å². The molecule has 1 aliphatic heterocycles. The number of hydrogen-bond donors (Lipinski definition) is 0. The predicted molar refractivity (Wildman–Crippen MR) is 106 cm³/mol. The number of carbonyl (C=O) groups is 2. The van der Waals surface area contributed by atoms with Gasteiger partial charge in [0.25, 0.3) is 0 Å². The standard InChI is InChI=1S/C22H34N2O2/c1-5-6-14-23(4)20(25)22(2,3)21(26)24-15-12-19(13-16-24)17-18-10-8-7-9-11-18/h7-11,19H,5-6,12-17H2,1-4H3. The van der Waals surface area contributed by atoms with Gasteiger partial charge in [-0.25, -0.2) is 0 Å². The molecule has 1 aromatic carbocycles. The van der Waals surface area contributed by atoms with Crippen molar-refractivity contribution >= 4 is 11.8 Å². The van der Waals surface area contributed by atoms with E-state index in [0.717, 1.165) is 45.2 Å². The fraction of sp³-hybridized carbons (Fsp3) is 0.636. The molecule has 1 saturated heterocycles. The zero-order valence-corrected chi connectivity index (χ0v) is 16.8. The van der Waals surface area contributed by atoms with Gasteiger partial charge in [0.1, 0.15) is 5.41 Å². The summed E-state index contributed by atoms with van der Waals surface area (Å²) in [6.45, 7) is 7.88. The molecule has 4 heteroatoms. The van der Waals surface area contributed by atoms with Crippen LogP contribution in [-0.4, -0.2) is 48.3 Å². The quantitative estimate of drug-likeness (QED) is 0.697. The average Bonchev–Trinajstić information content (AvgIpc) is 2.66. The predicted octanol–water partition coefficient (Wildman–Crippen LogP) is 3.75. The molecule has 26 heavy (non-hydrogen) atoms. The lowest BCUT2D eigenvalue weighted by Crippen LogP contribution is -2.52. The first-order chi connectivity index (χ1) is 12.4. The lowest BCUT2D eigenvalue weighted by molar-refractivity contribution is -0.154. The maximum absolute atomic E-state index is 13.0. The third-order valence-electron chi connectivity index (χ3n) is 5.53.